The Morgan fingerprint density at radius 3 is 2.73 bits per heavy atom. The Balaban J connectivity index is 2.15. The van der Waals surface area contributed by atoms with Gasteiger partial charge in [0.15, 0.2) is 0 Å². The number of hydrogen-bond donors (Lipinski definition) is 1. The number of fused-ring (bicyclic) bond motifs is 1. The van der Waals surface area contributed by atoms with Crippen molar-refractivity contribution >= 4 is 28.1 Å². The maximum Gasteiger partial charge on any atom is 0.258 e. The van der Waals surface area contributed by atoms with Gasteiger partial charge in [-0.25, -0.2) is 4.39 Å². The Morgan fingerprint density at radius 2 is 2.04 bits per heavy atom. The molecule has 0 fully saturated rings. The number of rotatable bonds is 3. The summed E-state index contributed by atoms with van der Waals surface area (Å²) in [6, 6.07) is 10.3. The van der Waals surface area contributed by atoms with Crippen LogP contribution in [0.5, 0.6) is 0 Å². The third kappa shape index (κ3) is 3.16. The van der Waals surface area contributed by atoms with Crippen LogP contribution in [0.1, 0.15) is 29.7 Å². The van der Waals surface area contributed by atoms with Crippen molar-refractivity contribution in [3.05, 3.63) is 74.4 Å². The molecule has 3 aromatic rings. The number of hydrogen-bond acceptors (Lipinski definition) is 3. The maximum absolute atomic E-state index is 14.7. The third-order valence-electron chi connectivity index (χ3n) is 4.35. The molecule has 2 aromatic carbocycles. The summed E-state index contributed by atoms with van der Waals surface area (Å²) < 4.78 is 15.9. The number of pyridine rings is 1. The molecule has 0 aliphatic heterocycles. The van der Waals surface area contributed by atoms with E-state index in [-0.39, 0.29) is 11.6 Å². The smallest absolute Gasteiger partial charge is 0.258 e. The lowest BCUT2D eigenvalue weighted by atomic mass is 9.97. The summed E-state index contributed by atoms with van der Waals surface area (Å²) in [5.74, 6) is -0.456. The fourth-order valence-electron chi connectivity index (χ4n) is 3.12. The van der Waals surface area contributed by atoms with Gasteiger partial charge in [0.1, 0.15) is 11.9 Å². The molecule has 4 nitrogen and oxygen atoms in total. The van der Waals surface area contributed by atoms with E-state index in [1.54, 1.807) is 24.3 Å². The fraction of sp³-hybridized carbons (Fsp3) is 0.200. The van der Waals surface area contributed by atoms with Gasteiger partial charge in [0.05, 0.1) is 16.6 Å². The zero-order chi connectivity index (χ0) is 19.0. The SMILES string of the molecule is Cc1cc([C@@H](C)Nc2ccc(Cl)cc2C#N)c2c(F)cn(C)c(=O)c2c1. The molecule has 0 aliphatic carbocycles. The van der Waals surface area contributed by atoms with Crippen LogP contribution >= 0.6 is 11.6 Å². The van der Waals surface area contributed by atoms with Crippen molar-refractivity contribution in [3.8, 4) is 6.07 Å². The Morgan fingerprint density at radius 1 is 1.31 bits per heavy atom. The van der Waals surface area contributed by atoms with Crippen molar-refractivity contribution < 1.29 is 4.39 Å². The summed E-state index contributed by atoms with van der Waals surface area (Å²) in [5, 5.41) is 13.6. The van der Waals surface area contributed by atoms with Crippen molar-refractivity contribution in [1.82, 2.24) is 4.57 Å². The first kappa shape index (κ1) is 18.0. The van der Waals surface area contributed by atoms with Crippen molar-refractivity contribution in [1.29, 1.82) is 5.26 Å². The molecule has 0 unspecified atom stereocenters. The highest BCUT2D eigenvalue weighted by atomic mass is 35.5. The second-order valence-electron chi connectivity index (χ2n) is 6.34. The first-order valence-corrected chi connectivity index (χ1v) is 8.45. The predicted octanol–water partition coefficient (Wildman–Crippen LogP) is 4.68. The van der Waals surface area contributed by atoms with Crippen LogP contribution in [-0.4, -0.2) is 4.57 Å². The molecule has 26 heavy (non-hydrogen) atoms. The molecule has 1 heterocycles. The predicted molar refractivity (Wildman–Crippen MR) is 102 cm³/mol. The Labute approximate surface area is 155 Å². The van der Waals surface area contributed by atoms with E-state index in [1.165, 1.54) is 17.8 Å². The minimum atomic E-state index is -0.456. The lowest BCUT2D eigenvalue weighted by Crippen LogP contribution is -2.19. The van der Waals surface area contributed by atoms with Crippen molar-refractivity contribution in [2.24, 2.45) is 7.05 Å². The average molecular weight is 370 g/mol. The normalized spacial score (nSPS) is 12.0. The molecular weight excluding hydrogens is 353 g/mol. The first-order chi connectivity index (χ1) is 12.3. The molecule has 1 atom stereocenters. The fourth-order valence-corrected chi connectivity index (χ4v) is 3.29. The number of benzene rings is 2. The van der Waals surface area contributed by atoms with Gasteiger partial charge in [0, 0.05) is 29.7 Å². The van der Waals surface area contributed by atoms with Crippen LogP contribution in [0, 0.1) is 24.1 Å². The van der Waals surface area contributed by atoms with Gasteiger partial charge in [-0.1, -0.05) is 17.7 Å². The van der Waals surface area contributed by atoms with Crippen LogP contribution in [0.3, 0.4) is 0 Å². The van der Waals surface area contributed by atoms with Gasteiger partial charge in [-0.2, -0.15) is 5.26 Å². The van der Waals surface area contributed by atoms with Gasteiger partial charge in [-0.15, -0.1) is 0 Å². The van der Waals surface area contributed by atoms with E-state index in [1.807, 2.05) is 19.9 Å². The van der Waals surface area contributed by atoms with Crippen molar-refractivity contribution in [2.45, 2.75) is 19.9 Å². The number of aromatic nitrogens is 1. The zero-order valence-corrected chi connectivity index (χ0v) is 15.4. The van der Waals surface area contributed by atoms with Crippen molar-refractivity contribution in [2.75, 3.05) is 5.32 Å². The molecule has 6 heteroatoms. The standard InChI is InChI=1S/C20H17ClFN3O/c1-11-6-15(19-16(7-11)20(26)25(3)10-17(19)22)12(2)24-18-5-4-14(21)8-13(18)9-23/h4-8,10,12,24H,1-3H3/t12-/m1/s1. The lowest BCUT2D eigenvalue weighted by molar-refractivity contribution is 0.617. The molecule has 0 radical (unpaired) electrons. The third-order valence-corrected chi connectivity index (χ3v) is 4.59. The summed E-state index contributed by atoms with van der Waals surface area (Å²) in [5.41, 5.74) is 2.28. The summed E-state index contributed by atoms with van der Waals surface area (Å²) >= 11 is 5.94. The quantitative estimate of drug-likeness (QED) is 0.729. The van der Waals surface area contributed by atoms with E-state index < -0.39 is 5.82 Å². The van der Waals surface area contributed by atoms with Crippen molar-refractivity contribution in [3.63, 3.8) is 0 Å². The number of anilines is 1. The van der Waals surface area contributed by atoms with Crippen LogP contribution in [0.25, 0.3) is 10.8 Å². The van der Waals surface area contributed by atoms with E-state index in [2.05, 4.69) is 11.4 Å². The van der Waals surface area contributed by atoms with Gasteiger partial charge in [-0.3, -0.25) is 4.79 Å². The van der Waals surface area contributed by atoms with E-state index in [4.69, 9.17) is 11.6 Å². The van der Waals surface area contributed by atoms with Gasteiger partial charge in [-0.05, 0) is 49.2 Å². The zero-order valence-electron chi connectivity index (χ0n) is 14.6. The van der Waals surface area contributed by atoms with Crippen LogP contribution in [0.2, 0.25) is 5.02 Å². The van der Waals surface area contributed by atoms with E-state index in [9.17, 15) is 14.4 Å². The molecule has 0 aliphatic rings. The molecule has 0 spiro atoms. The Hall–Kier alpha value is -2.84. The van der Waals surface area contributed by atoms with E-state index >= 15 is 0 Å². The Bertz CT molecular complexity index is 1110. The maximum atomic E-state index is 14.7. The number of halogens is 2. The van der Waals surface area contributed by atoms with E-state index in [0.29, 0.717) is 32.6 Å². The minimum absolute atomic E-state index is 0.247. The molecule has 1 N–H and O–H groups in total. The topological polar surface area (TPSA) is 57.8 Å². The highest BCUT2D eigenvalue weighted by Crippen LogP contribution is 2.30. The van der Waals surface area contributed by atoms with Gasteiger partial charge < -0.3 is 9.88 Å². The molecule has 0 saturated carbocycles. The summed E-state index contributed by atoms with van der Waals surface area (Å²) in [6.45, 7) is 3.73. The molecule has 3 rings (SSSR count). The largest absolute Gasteiger partial charge is 0.377 e. The second-order valence-corrected chi connectivity index (χ2v) is 6.77. The molecule has 132 valence electrons. The molecular formula is C20H17ClFN3O. The minimum Gasteiger partial charge on any atom is -0.377 e. The highest BCUT2D eigenvalue weighted by Gasteiger charge is 2.17. The molecule has 1 aromatic heterocycles. The number of aryl methyl sites for hydroxylation is 2. The first-order valence-electron chi connectivity index (χ1n) is 8.07. The Kier molecular flexibility index (Phi) is 4.71. The monoisotopic (exact) mass is 369 g/mol. The lowest BCUT2D eigenvalue weighted by Gasteiger charge is -2.20. The number of nitriles is 1. The van der Waals surface area contributed by atoms with Gasteiger partial charge in [0.2, 0.25) is 0 Å². The molecule has 0 saturated heterocycles. The van der Waals surface area contributed by atoms with Crippen LogP contribution in [-0.2, 0) is 7.05 Å². The van der Waals surface area contributed by atoms with Gasteiger partial charge in [0.25, 0.3) is 5.56 Å². The summed E-state index contributed by atoms with van der Waals surface area (Å²) in [4.78, 5) is 12.4. The highest BCUT2D eigenvalue weighted by molar-refractivity contribution is 6.30. The number of nitrogens with one attached hydrogen (secondary N) is 1. The van der Waals surface area contributed by atoms with Crippen LogP contribution < -0.4 is 10.9 Å². The van der Waals surface area contributed by atoms with E-state index in [0.717, 1.165) is 5.56 Å². The van der Waals surface area contributed by atoms with Crippen LogP contribution in [0.4, 0.5) is 10.1 Å². The number of nitrogens with zero attached hydrogens (tertiary/aromatic N) is 2. The average Bonchev–Trinajstić information content (AvgIpc) is 2.60. The summed E-state index contributed by atoms with van der Waals surface area (Å²) in [6.07, 6.45) is 1.19. The molecule has 0 bridgehead atoms. The summed E-state index contributed by atoms with van der Waals surface area (Å²) in [7, 11) is 1.53. The van der Waals surface area contributed by atoms with Gasteiger partial charge >= 0.3 is 0 Å². The molecule has 0 amide bonds. The van der Waals surface area contributed by atoms with Crippen LogP contribution in [0.15, 0.2) is 41.3 Å². The second kappa shape index (κ2) is 6.81.